The molecule has 0 unspecified atom stereocenters. The van der Waals surface area contributed by atoms with Gasteiger partial charge in [0.05, 0.1) is 10.7 Å². The molecule has 3 aromatic rings. The van der Waals surface area contributed by atoms with E-state index in [4.69, 9.17) is 11.6 Å². The maximum Gasteiger partial charge on any atom is 0.227 e. The van der Waals surface area contributed by atoms with Gasteiger partial charge in [-0.3, -0.25) is 4.79 Å². The number of halogens is 2. The Balaban J connectivity index is 2.00. The largest absolute Gasteiger partial charge is 0.323 e. The number of rotatable bonds is 3. The third kappa shape index (κ3) is 3.03. The van der Waals surface area contributed by atoms with E-state index in [9.17, 15) is 9.18 Å². The van der Waals surface area contributed by atoms with Crippen molar-refractivity contribution in [1.82, 2.24) is 15.4 Å². The number of carbonyl (C=O) groups is 1. The number of H-pyrrole nitrogens is 1. The zero-order valence-corrected chi connectivity index (χ0v) is 13.3. The molecule has 23 heavy (non-hydrogen) atoms. The highest BCUT2D eigenvalue weighted by Gasteiger charge is 2.15. The van der Waals surface area contributed by atoms with Crippen molar-refractivity contribution in [3.05, 3.63) is 41.2 Å². The molecular weight excluding hydrogens is 319 g/mol. The van der Waals surface area contributed by atoms with Crippen molar-refractivity contribution in [3.63, 3.8) is 0 Å². The van der Waals surface area contributed by atoms with Crippen molar-refractivity contribution in [2.24, 2.45) is 5.92 Å². The zero-order valence-electron chi connectivity index (χ0n) is 12.5. The topological polar surface area (TPSA) is 70.7 Å². The number of aromatic nitrogens is 3. The minimum atomic E-state index is -0.543. The quantitative estimate of drug-likeness (QED) is 0.761. The van der Waals surface area contributed by atoms with E-state index in [-0.39, 0.29) is 17.5 Å². The van der Waals surface area contributed by atoms with Crippen molar-refractivity contribution < 1.29 is 9.18 Å². The molecule has 0 radical (unpaired) electrons. The lowest BCUT2D eigenvalue weighted by atomic mass is 10.0. The summed E-state index contributed by atoms with van der Waals surface area (Å²) in [5.74, 6) is -1.06. The van der Waals surface area contributed by atoms with E-state index in [0.29, 0.717) is 21.6 Å². The lowest BCUT2D eigenvalue weighted by Gasteiger charge is -2.12. The molecule has 2 aromatic carbocycles. The summed E-state index contributed by atoms with van der Waals surface area (Å²) in [6, 6.07) is 8.06. The van der Waals surface area contributed by atoms with Gasteiger partial charge in [-0.25, -0.2) is 4.39 Å². The van der Waals surface area contributed by atoms with Gasteiger partial charge in [-0.2, -0.15) is 15.4 Å². The lowest BCUT2D eigenvalue weighted by molar-refractivity contribution is -0.118. The van der Waals surface area contributed by atoms with Crippen molar-refractivity contribution in [2.45, 2.75) is 13.8 Å². The number of hydrogen-bond donors (Lipinski definition) is 2. The molecule has 0 fully saturated rings. The molecule has 3 rings (SSSR count). The SMILES string of the molecule is CC(C)C(=O)Nc1cc(Cl)c(-c2ccc3n[nH]nc3c2)cc1F. The van der Waals surface area contributed by atoms with Gasteiger partial charge in [0.1, 0.15) is 16.9 Å². The number of anilines is 1. The average molecular weight is 333 g/mol. The molecule has 118 valence electrons. The molecule has 1 heterocycles. The zero-order chi connectivity index (χ0) is 16.6. The summed E-state index contributed by atoms with van der Waals surface area (Å²) in [5.41, 5.74) is 2.69. The Morgan fingerprint density at radius 2 is 1.96 bits per heavy atom. The molecular formula is C16H14ClFN4O. The van der Waals surface area contributed by atoms with Crippen LogP contribution in [0.3, 0.4) is 0 Å². The molecule has 5 nitrogen and oxygen atoms in total. The fourth-order valence-electron chi connectivity index (χ4n) is 2.15. The molecule has 1 aromatic heterocycles. The van der Waals surface area contributed by atoms with E-state index in [0.717, 1.165) is 5.56 Å². The average Bonchev–Trinajstić information content (AvgIpc) is 2.97. The summed E-state index contributed by atoms with van der Waals surface area (Å²) < 4.78 is 14.3. The molecule has 0 saturated heterocycles. The molecule has 0 saturated carbocycles. The van der Waals surface area contributed by atoms with E-state index >= 15 is 0 Å². The number of carbonyl (C=O) groups excluding carboxylic acids is 1. The van der Waals surface area contributed by atoms with E-state index < -0.39 is 5.82 Å². The molecule has 0 aliphatic rings. The predicted octanol–water partition coefficient (Wildman–Crippen LogP) is 4.01. The number of hydrogen-bond acceptors (Lipinski definition) is 3. The van der Waals surface area contributed by atoms with Gasteiger partial charge in [-0.15, -0.1) is 0 Å². The van der Waals surface area contributed by atoms with Crippen LogP contribution in [-0.2, 0) is 4.79 Å². The molecule has 0 aliphatic heterocycles. The second kappa shape index (κ2) is 5.96. The molecule has 0 spiro atoms. The third-order valence-electron chi connectivity index (χ3n) is 3.47. The number of amides is 1. The van der Waals surface area contributed by atoms with Crippen LogP contribution >= 0.6 is 11.6 Å². The van der Waals surface area contributed by atoms with Crippen LogP contribution in [0.1, 0.15) is 13.8 Å². The Hall–Kier alpha value is -2.47. The Morgan fingerprint density at radius 1 is 1.22 bits per heavy atom. The van der Waals surface area contributed by atoms with Crippen LogP contribution in [0.15, 0.2) is 30.3 Å². The van der Waals surface area contributed by atoms with E-state index in [1.54, 1.807) is 32.0 Å². The predicted molar refractivity (Wildman–Crippen MR) is 87.8 cm³/mol. The van der Waals surface area contributed by atoms with Crippen LogP contribution in [0.4, 0.5) is 10.1 Å². The molecule has 0 aliphatic carbocycles. The maximum atomic E-state index is 14.3. The Morgan fingerprint density at radius 3 is 2.70 bits per heavy atom. The number of benzene rings is 2. The summed E-state index contributed by atoms with van der Waals surface area (Å²) in [4.78, 5) is 11.7. The summed E-state index contributed by atoms with van der Waals surface area (Å²) in [6.07, 6.45) is 0. The molecule has 2 N–H and O–H groups in total. The van der Waals surface area contributed by atoms with Crippen molar-refractivity contribution >= 4 is 34.2 Å². The minimum Gasteiger partial charge on any atom is -0.323 e. The Labute approximate surface area is 136 Å². The number of nitrogens with one attached hydrogen (secondary N) is 2. The van der Waals surface area contributed by atoms with Gasteiger partial charge in [0.15, 0.2) is 0 Å². The van der Waals surface area contributed by atoms with Crippen molar-refractivity contribution in [2.75, 3.05) is 5.32 Å². The summed E-state index contributed by atoms with van der Waals surface area (Å²) in [7, 11) is 0. The van der Waals surface area contributed by atoms with Gasteiger partial charge in [-0.1, -0.05) is 31.5 Å². The van der Waals surface area contributed by atoms with Crippen molar-refractivity contribution in [1.29, 1.82) is 0 Å². The second-order valence-electron chi connectivity index (χ2n) is 5.48. The third-order valence-corrected chi connectivity index (χ3v) is 3.78. The van der Waals surface area contributed by atoms with Gasteiger partial charge in [0.25, 0.3) is 0 Å². The highest BCUT2D eigenvalue weighted by Crippen LogP contribution is 2.33. The number of nitrogens with zero attached hydrogens (tertiary/aromatic N) is 2. The second-order valence-corrected chi connectivity index (χ2v) is 5.89. The Bertz CT molecular complexity index is 891. The van der Waals surface area contributed by atoms with E-state index in [2.05, 4.69) is 20.7 Å². The van der Waals surface area contributed by atoms with Gasteiger partial charge >= 0.3 is 0 Å². The normalized spacial score (nSPS) is 11.2. The summed E-state index contributed by atoms with van der Waals surface area (Å²) in [6.45, 7) is 3.46. The Kier molecular flexibility index (Phi) is 4.00. The van der Waals surface area contributed by atoms with Crippen molar-refractivity contribution in [3.8, 4) is 11.1 Å². The standard InChI is InChI=1S/C16H14ClFN4O/c1-8(2)16(23)19-14-7-11(17)10(6-12(14)18)9-3-4-13-15(5-9)21-22-20-13/h3-8H,1-2H3,(H,19,23)(H,20,21,22). The molecule has 0 bridgehead atoms. The fourth-order valence-corrected chi connectivity index (χ4v) is 2.42. The van der Waals surface area contributed by atoms with Crippen LogP contribution in [0, 0.1) is 11.7 Å². The van der Waals surface area contributed by atoms with Crippen LogP contribution in [0.2, 0.25) is 5.02 Å². The maximum absolute atomic E-state index is 14.3. The lowest BCUT2D eigenvalue weighted by Crippen LogP contribution is -2.18. The van der Waals surface area contributed by atoms with Gasteiger partial charge in [-0.05, 0) is 29.8 Å². The van der Waals surface area contributed by atoms with E-state index in [1.807, 2.05) is 0 Å². The van der Waals surface area contributed by atoms with E-state index in [1.165, 1.54) is 12.1 Å². The summed E-state index contributed by atoms with van der Waals surface area (Å²) >= 11 is 6.26. The van der Waals surface area contributed by atoms with Gasteiger partial charge < -0.3 is 5.32 Å². The van der Waals surface area contributed by atoms with Gasteiger partial charge in [0, 0.05) is 11.5 Å². The number of aromatic amines is 1. The first-order valence-electron chi connectivity index (χ1n) is 7.06. The van der Waals surface area contributed by atoms with Gasteiger partial charge in [0.2, 0.25) is 5.91 Å². The monoisotopic (exact) mass is 332 g/mol. The van der Waals surface area contributed by atoms with Crippen LogP contribution < -0.4 is 5.32 Å². The smallest absolute Gasteiger partial charge is 0.227 e. The highest BCUT2D eigenvalue weighted by molar-refractivity contribution is 6.33. The first-order valence-corrected chi connectivity index (χ1v) is 7.44. The van der Waals surface area contributed by atoms with Crippen LogP contribution in [0.5, 0.6) is 0 Å². The van der Waals surface area contributed by atoms with Crippen LogP contribution in [0.25, 0.3) is 22.2 Å². The number of fused-ring (bicyclic) bond motifs is 1. The molecule has 0 atom stereocenters. The molecule has 7 heteroatoms. The van der Waals surface area contributed by atoms with Crippen LogP contribution in [-0.4, -0.2) is 21.3 Å². The minimum absolute atomic E-state index is 0.0694. The molecule has 1 amide bonds. The highest BCUT2D eigenvalue weighted by atomic mass is 35.5. The first kappa shape index (κ1) is 15.4. The first-order chi connectivity index (χ1) is 11.0. The summed E-state index contributed by atoms with van der Waals surface area (Å²) in [5, 5.41) is 13.4. The fraction of sp³-hybridized carbons (Fsp3) is 0.188.